The van der Waals surface area contributed by atoms with Crippen molar-refractivity contribution in [1.29, 1.82) is 5.26 Å². The molecule has 0 aromatic heterocycles. The maximum absolute atomic E-state index is 13.1. The fraction of sp³-hybridized carbons (Fsp3) is 0.263. The predicted molar refractivity (Wildman–Crippen MR) is 92.5 cm³/mol. The zero-order valence-corrected chi connectivity index (χ0v) is 14.0. The van der Waals surface area contributed by atoms with Crippen LogP contribution in [0.3, 0.4) is 0 Å². The summed E-state index contributed by atoms with van der Waals surface area (Å²) in [7, 11) is 3.88. The molecule has 0 fully saturated rings. The molecule has 0 saturated carbocycles. The Balaban J connectivity index is 2.25. The predicted octanol–water partition coefficient (Wildman–Crippen LogP) is 3.61. The number of nitrogens with one attached hydrogen (secondary N) is 1. The SMILES string of the molecule is CC(=O)c1ccc(C#N)cc1NC[C@H](c1ccc(F)cc1)N(C)C. The molecular formula is C19H20FN3O. The first-order chi connectivity index (χ1) is 11.4. The lowest BCUT2D eigenvalue weighted by Gasteiger charge is -2.26. The Kier molecular flexibility index (Phi) is 5.67. The molecule has 0 radical (unpaired) electrons. The Labute approximate surface area is 141 Å². The number of hydrogen-bond donors (Lipinski definition) is 1. The third-order valence-electron chi connectivity index (χ3n) is 3.89. The number of hydrogen-bond acceptors (Lipinski definition) is 4. The monoisotopic (exact) mass is 325 g/mol. The Hall–Kier alpha value is -2.71. The molecule has 0 aliphatic rings. The average Bonchev–Trinajstić information content (AvgIpc) is 2.56. The summed E-state index contributed by atoms with van der Waals surface area (Å²) >= 11 is 0. The standard InChI is InChI=1S/C19H20FN3O/c1-13(24)17-9-4-14(11-21)10-18(17)22-12-19(23(2)3)15-5-7-16(20)8-6-15/h4-10,19,22H,12H2,1-3H3/t19-/m1/s1. The zero-order valence-electron chi connectivity index (χ0n) is 14.0. The molecule has 2 rings (SSSR count). The summed E-state index contributed by atoms with van der Waals surface area (Å²) in [5.74, 6) is -0.338. The maximum atomic E-state index is 13.1. The van der Waals surface area contributed by atoms with Crippen molar-refractivity contribution >= 4 is 11.5 Å². The summed E-state index contributed by atoms with van der Waals surface area (Å²) in [6.45, 7) is 2.02. The molecule has 0 saturated heterocycles. The van der Waals surface area contributed by atoms with Crippen LogP contribution in [-0.2, 0) is 0 Å². The number of Topliss-reactive ketones (excluding diaryl/α,β-unsaturated/α-hetero) is 1. The Morgan fingerprint density at radius 3 is 2.46 bits per heavy atom. The minimum Gasteiger partial charge on any atom is -0.382 e. The van der Waals surface area contributed by atoms with E-state index in [1.807, 2.05) is 19.0 Å². The van der Waals surface area contributed by atoms with Crippen LogP contribution in [-0.4, -0.2) is 31.3 Å². The Bertz CT molecular complexity index is 763. The molecule has 1 atom stereocenters. The van der Waals surface area contributed by atoms with Crippen LogP contribution < -0.4 is 5.32 Å². The molecule has 0 aliphatic heterocycles. The van der Waals surface area contributed by atoms with Gasteiger partial charge in [0.05, 0.1) is 17.7 Å². The molecule has 0 spiro atoms. The van der Waals surface area contributed by atoms with Crippen LogP contribution in [0.25, 0.3) is 0 Å². The average molecular weight is 325 g/mol. The number of likely N-dealkylation sites (N-methyl/N-ethyl adjacent to an activating group) is 1. The van der Waals surface area contributed by atoms with Gasteiger partial charge in [-0.15, -0.1) is 0 Å². The smallest absolute Gasteiger partial charge is 0.161 e. The Morgan fingerprint density at radius 2 is 1.92 bits per heavy atom. The van der Waals surface area contributed by atoms with Crippen molar-refractivity contribution in [3.05, 3.63) is 65.0 Å². The highest BCUT2D eigenvalue weighted by Gasteiger charge is 2.16. The van der Waals surface area contributed by atoms with Crippen LogP contribution >= 0.6 is 0 Å². The van der Waals surface area contributed by atoms with Crippen LogP contribution in [0, 0.1) is 17.1 Å². The number of benzene rings is 2. The summed E-state index contributed by atoms with van der Waals surface area (Å²) in [6, 6.07) is 13.4. The van der Waals surface area contributed by atoms with Crippen molar-refractivity contribution < 1.29 is 9.18 Å². The number of ketones is 1. The molecular weight excluding hydrogens is 305 g/mol. The number of carbonyl (C=O) groups excluding carboxylic acids is 1. The number of carbonyl (C=O) groups is 1. The van der Waals surface area contributed by atoms with Gasteiger partial charge in [0, 0.05) is 17.8 Å². The van der Waals surface area contributed by atoms with Crippen molar-refractivity contribution in [2.24, 2.45) is 0 Å². The number of halogens is 1. The number of nitrogens with zero attached hydrogens (tertiary/aromatic N) is 2. The van der Waals surface area contributed by atoms with E-state index in [2.05, 4.69) is 11.4 Å². The van der Waals surface area contributed by atoms with E-state index in [9.17, 15) is 9.18 Å². The normalized spacial score (nSPS) is 11.8. The van der Waals surface area contributed by atoms with E-state index in [-0.39, 0.29) is 17.6 Å². The van der Waals surface area contributed by atoms with Crippen molar-refractivity contribution in [1.82, 2.24) is 4.90 Å². The maximum Gasteiger partial charge on any atom is 0.161 e. The lowest BCUT2D eigenvalue weighted by Crippen LogP contribution is -2.27. The largest absolute Gasteiger partial charge is 0.382 e. The van der Waals surface area contributed by atoms with Gasteiger partial charge in [-0.3, -0.25) is 4.79 Å². The zero-order chi connectivity index (χ0) is 17.7. The van der Waals surface area contributed by atoms with Gasteiger partial charge in [-0.25, -0.2) is 4.39 Å². The summed E-state index contributed by atoms with van der Waals surface area (Å²) in [5, 5.41) is 12.3. The molecule has 0 unspecified atom stereocenters. The molecule has 2 aromatic carbocycles. The molecule has 0 heterocycles. The van der Waals surface area contributed by atoms with Crippen molar-refractivity contribution in [2.45, 2.75) is 13.0 Å². The minimum atomic E-state index is -0.273. The Morgan fingerprint density at radius 1 is 1.25 bits per heavy atom. The summed E-state index contributed by atoms with van der Waals surface area (Å²) in [4.78, 5) is 13.8. The minimum absolute atomic E-state index is 0.00356. The van der Waals surface area contributed by atoms with Gasteiger partial charge in [-0.05, 0) is 56.9 Å². The second-order valence-corrected chi connectivity index (χ2v) is 5.84. The number of nitriles is 1. The van der Waals surface area contributed by atoms with Gasteiger partial charge in [0.1, 0.15) is 5.82 Å². The van der Waals surface area contributed by atoms with Gasteiger partial charge in [0.2, 0.25) is 0 Å². The molecule has 0 amide bonds. The van der Waals surface area contributed by atoms with E-state index in [0.717, 1.165) is 5.56 Å². The van der Waals surface area contributed by atoms with Gasteiger partial charge in [-0.1, -0.05) is 12.1 Å². The first kappa shape index (κ1) is 17.6. The number of rotatable bonds is 6. The van der Waals surface area contributed by atoms with E-state index >= 15 is 0 Å². The molecule has 24 heavy (non-hydrogen) atoms. The van der Waals surface area contributed by atoms with Crippen molar-refractivity contribution in [3.8, 4) is 6.07 Å². The third-order valence-corrected chi connectivity index (χ3v) is 3.89. The van der Waals surface area contributed by atoms with Crippen molar-refractivity contribution in [3.63, 3.8) is 0 Å². The highest BCUT2D eigenvalue weighted by atomic mass is 19.1. The van der Waals surface area contributed by atoms with Crippen LogP contribution in [0.4, 0.5) is 10.1 Å². The third kappa shape index (κ3) is 4.18. The van der Waals surface area contributed by atoms with E-state index in [4.69, 9.17) is 5.26 Å². The van der Waals surface area contributed by atoms with Gasteiger partial charge in [0.25, 0.3) is 0 Å². The number of anilines is 1. The van der Waals surface area contributed by atoms with Crippen LogP contribution in [0.15, 0.2) is 42.5 Å². The summed E-state index contributed by atoms with van der Waals surface area (Å²) in [6.07, 6.45) is 0. The van der Waals surface area contributed by atoms with E-state index < -0.39 is 0 Å². The van der Waals surface area contributed by atoms with Crippen LogP contribution in [0.1, 0.15) is 34.5 Å². The van der Waals surface area contributed by atoms with Gasteiger partial charge in [0.15, 0.2) is 5.78 Å². The lowest BCUT2D eigenvalue weighted by molar-refractivity contribution is 0.101. The molecule has 4 nitrogen and oxygen atoms in total. The second-order valence-electron chi connectivity index (χ2n) is 5.84. The van der Waals surface area contributed by atoms with Gasteiger partial charge >= 0.3 is 0 Å². The quantitative estimate of drug-likeness (QED) is 0.824. The van der Waals surface area contributed by atoms with Crippen molar-refractivity contribution in [2.75, 3.05) is 26.0 Å². The molecule has 124 valence electrons. The first-order valence-electron chi connectivity index (χ1n) is 7.63. The fourth-order valence-corrected chi connectivity index (χ4v) is 2.56. The first-order valence-corrected chi connectivity index (χ1v) is 7.63. The van der Waals surface area contributed by atoms with E-state index in [1.54, 1.807) is 30.3 Å². The highest BCUT2D eigenvalue weighted by Crippen LogP contribution is 2.23. The lowest BCUT2D eigenvalue weighted by atomic mass is 10.0. The molecule has 2 aromatic rings. The second kappa shape index (κ2) is 7.71. The molecule has 0 aliphatic carbocycles. The molecule has 0 bridgehead atoms. The van der Waals surface area contributed by atoms with E-state index in [1.165, 1.54) is 19.1 Å². The highest BCUT2D eigenvalue weighted by molar-refractivity contribution is 5.99. The van der Waals surface area contributed by atoms with Crippen LogP contribution in [0.5, 0.6) is 0 Å². The molecule has 1 N–H and O–H groups in total. The summed E-state index contributed by atoms with van der Waals surface area (Å²) < 4.78 is 13.1. The summed E-state index contributed by atoms with van der Waals surface area (Å²) in [5.41, 5.74) is 2.64. The van der Waals surface area contributed by atoms with Gasteiger partial charge in [-0.2, -0.15) is 5.26 Å². The molecule has 5 heteroatoms. The van der Waals surface area contributed by atoms with Gasteiger partial charge < -0.3 is 10.2 Å². The van der Waals surface area contributed by atoms with E-state index in [0.29, 0.717) is 23.4 Å². The fourth-order valence-electron chi connectivity index (χ4n) is 2.56. The topological polar surface area (TPSA) is 56.1 Å². The van der Waals surface area contributed by atoms with Crippen LogP contribution in [0.2, 0.25) is 0 Å².